The summed E-state index contributed by atoms with van der Waals surface area (Å²) < 4.78 is 31.9. The Balaban J connectivity index is 1.23. The second-order valence-corrected chi connectivity index (χ2v) is 9.47. The van der Waals surface area contributed by atoms with E-state index in [0.29, 0.717) is 37.3 Å². The van der Waals surface area contributed by atoms with Gasteiger partial charge in [0.15, 0.2) is 0 Å². The maximum Gasteiger partial charge on any atom is 0.409 e. The van der Waals surface area contributed by atoms with Crippen LogP contribution >= 0.6 is 0 Å². The first-order chi connectivity index (χ1) is 16.5. The first-order valence-corrected chi connectivity index (χ1v) is 11.9. The summed E-state index contributed by atoms with van der Waals surface area (Å²) in [6, 6.07) is 3.53. The van der Waals surface area contributed by atoms with Crippen molar-refractivity contribution in [2.75, 3.05) is 50.8 Å². The summed E-state index contributed by atoms with van der Waals surface area (Å²) in [5.74, 6) is 0.546. The zero-order valence-corrected chi connectivity index (χ0v) is 19.4. The zero-order valence-electron chi connectivity index (χ0n) is 19.4. The summed E-state index contributed by atoms with van der Waals surface area (Å²) in [5, 5.41) is 0. The van der Waals surface area contributed by atoms with Gasteiger partial charge in [0, 0.05) is 68.7 Å². The van der Waals surface area contributed by atoms with Crippen LogP contribution < -0.4 is 4.90 Å². The topological polar surface area (TPSA) is 74.7 Å². The first kappa shape index (κ1) is 22.9. The van der Waals surface area contributed by atoms with Crippen LogP contribution in [-0.2, 0) is 4.74 Å². The van der Waals surface area contributed by atoms with E-state index in [-0.39, 0.29) is 17.2 Å². The number of hydrogen-bond donors (Lipinski definition) is 0. The molecule has 0 unspecified atom stereocenters. The predicted octanol–water partition coefficient (Wildman–Crippen LogP) is 3.61. The van der Waals surface area contributed by atoms with Gasteiger partial charge in [-0.05, 0) is 38.3 Å². The largest absolute Gasteiger partial charge is 0.450 e. The third-order valence-electron chi connectivity index (χ3n) is 7.34. The third-order valence-corrected chi connectivity index (χ3v) is 7.34. The molecule has 3 fully saturated rings. The molecule has 0 radical (unpaired) electrons. The summed E-state index contributed by atoms with van der Waals surface area (Å²) in [7, 11) is 0. The zero-order chi connectivity index (χ0) is 23.7. The molecule has 2 saturated heterocycles. The van der Waals surface area contributed by atoms with Crippen LogP contribution in [0.4, 0.5) is 19.4 Å². The van der Waals surface area contributed by atoms with E-state index >= 15 is 0 Å². The average molecular weight is 473 g/mol. The minimum atomic E-state index is -2.62. The van der Waals surface area contributed by atoms with Crippen LogP contribution in [0.1, 0.15) is 38.3 Å². The van der Waals surface area contributed by atoms with Gasteiger partial charge in [-0.3, -0.25) is 14.9 Å². The Bertz CT molecular complexity index is 1010. The van der Waals surface area contributed by atoms with Crippen LogP contribution in [0, 0.1) is 5.41 Å². The van der Waals surface area contributed by atoms with Crippen LogP contribution in [0.2, 0.25) is 0 Å². The minimum absolute atomic E-state index is 0.206. The summed E-state index contributed by atoms with van der Waals surface area (Å²) in [4.78, 5) is 31.1. The lowest BCUT2D eigenvalue weighted by Gasteiger charge is -2.48. The number of anilines is 1. The van der Waals surface area contributed by atoms with Gasteiger partial charge in [-0.25, -0.2) is 18.6 Å². The summed E-state index contributed by atoms with van der Waals surface area (Å²) in [5.41, 5.74) is 1.35. The number of nitrogens with zero attached hydrogens (tertiary/aromatic N) is 6. The Labute approximate surface area is 197 Å². The van der Waals surface area contributed by atoms with Crippen molar-refractivity contribution in [3.63, 3.8) is 0 Å². The molecule has 1 saturated carbocycles. The van der Waals surface area contributed by atoms with E-state index in [1.54, 1.807) is 29.6 Å². The highest BCUT2D eigenvalue weighted by Gasteiger charge is 2.51. The normalized spacial score (nSPS) is 22.3. The Morgan fingerprint density at radius 1 is 1.21 bits per heavy atom. The molecule has 1 spiro atoms. The summed E-state index contributed by atoms with van der Waals surface area (Å²) >= 11 is 0. The van der Waals surface area contributed by atoms with Crippen molar-refractivity contribution >= 4 is 11.9 Å². The van der Waals surface area contributed by atoms with Crippen molar-refractivity contribution in [3.8, 4) is 11.3 Å². The number of amides is 1. The molecule has 2 aromatic heterocycles. The number of hydrogen-bond acceptors (Lipinski definition) is 7. The molecular formula is C24H30F2N6O2. The second-order valence-electron chi connectivity index (χ2n) is 9.47. The molecule has 1 atom stereocenters. The molecule has 5 rings (SSSR count). The van der Waals surface area contributed by atoms with Crippen molar-refractivity contribution in [3.05, 3.63) is 36.4 Å². The fraction of sp³-hybridized carbons (Fsp3) is 0.583. The number of carbonyl (C=O) groups is 1. The fourth-order valence-electron chi connectivity index (χ4n) is 5.65. The highest BCUT2D eigenvalue weighted by atomic mass is 19.3. The lowest BCUT2D eigenvalue weighted by atomic mass is 9.78. The van der Waals surface area contributed by atoms with Gasteiger partial charge in [-0.15, -0.1) is 0 Å². The van der Waals surface area contributed by atoms with Gasteiger partial charge < -0.3 is 14.5 Å². The van der Waals surface area contributed by atoms with Crippen LogP contribution in [0.15, 0.2) is 30.7 Å². The number of alkyl halides is 2. The number of carbonyl (C=O) groups excluding carboxylic acids is 1. The molecule has 34 heavy (non-hydrogen) atoms. The van der Waals surface area contributed by atoms with Gasteiger partial charge >= 0.3 is 6.09 Å². The van der Waals surface area contributed by atoms with Gasteiger partial charge in [-0.1, -0.05) is 0 Å². The smallest absolute Gasteiger partial charge is 0.409 e. The number of halogens is 2. The molecule has 10 heteroatoms. The van der Waals surface area contributed by atoms with Crippen LogP contribution in [0.25, 0.3) is 11.3 Å². The highest BCUT2D eigenvalue weighted by Crippen LogP contribution is 2.47. The molecule has 2 aliphatic heterocycles. The lowest BCUT2D eigenvalue weighted by Crippen LogP contribution is -2.58. The van der Waals surface area contributed by atoms with Crippen LogP contribution in [-0.4, -0.2) is 82.8 Å². The van der Waals surface area contributed by atoms with Gasteiger partial charge in [0.1, 0.15) is 11.5 Å². The molecule has 0 aromatic carbocycles. The Morgan fingerprint density at radius 3 is 2.68 bits per heavy atom. The fourth-order valence-corrected chi connectivity index (χ4v) is 5.65. The molecule has 0 N–H and O–H groups in total. The Hall–Kier alpha value is -2.88. The van der Waals surface area contributed by atoms with Crippen molar-refractivity contribution < 1.29 is 18.3 Å². The van der Waals surface area contributed by atoms with Crippen molar-refractivity contribution in [2.45, 2.75) is 38.7 Å². The standard InChI is InChI=1S/C24H30F2N6O2/c1-2-34-23(33)32-15-24(16-32)6-5-17(13-24)30-9-11-31(12-10-30)22-18(20-14-27-7-8-28-20)3-4-19(29-22)21(25)26/h3-4,7-8,14,17,21H,2,5-6,9-13,15-16H2,1H3/t17-/m1/s1. The molecule has 8 nitrogen and oxygen atoms in total. The molecular weight excluding hydrogens is 442 g/mol. The number of likely N-dealkylation sites (tertiary alicyclic amines) is 1. The highest BCUT2D eigenvalue weighted by molar-refractivity contribution is 5.73. The minimum Gasteiger partial charge on any atom is -0.450 e. The van der Waals surface area contributed by atoms with Crippen molar-refractivity contribution in [2.24, 2.45) is 5.41 Å². The van der Waals surface area contributed by atoms with E-state index in [1.165, 1.54) is 6.07 Å². The molecule has 182 valence electrons. The summed E-state index contributed by atoms with van der Waals surface area (Å²) in [6.45, 7) is 6.93. The number of aromatic nitrogens is 3. The SMILES string of the molecule is CCOC(=O)N1CC2(CC[C@@H](N3CCN(c4nc(C(F)F)ccc4-c4cnccn4)CC3)C2)C1. The monoisotopic (exact) mass is 472 g/mol. The van der Waals surface area contributed by atoms with E-state index in [0.717, 1.165) is 51.0 Å². The van der Waals surface area contributed by atoms with Gasteiger partial charge in [0.25, 0.3) is 6.43 Å². The number of piperazine rings is 1. The Kier molecular flexibility index (Phi) is 6.33. The van der Waals surface area contributed by atoms with Gasteiger partial charge in [0.05, 0.1) is 18.5 Å². The predicted molar refractivity (Wildman–Crippen MR) is 123 cm³/mol. The van der Waals surface area contributed by atoms with E-state index in [2.05, 4.69) is 24.8 Å². The number of ether oxygens (including phenoxy) is 1. The third kappa shape index (κ3) is 4.43. The summed E-state index contributed by atoms with van der Waals surface area (Å²) in [6.07, 6.45) is 5.33. The number of pyridine rings is 1. The average Bonchev–Trinajstić information content (AvgIpc) is 3.30. The van der Waals surface area contributed by atoms with Crippen molar-refractivity contribution in [1.82, 2.24) is 24.8 Å². The molecule has 1 amide bonds. The van der Waals surface area contributed by atoms with Crippen LogP contribution in [0.3, 0.4) is 0 Å². The second kappa shape index (κ2) is 9.40. The van der Waals surface area contributed by atoms with E-state index in [1.807, 2.05) is 6.92 Å². The quantitative estimate of drug-likeness (QED) is 0.658. The Morgan fingerprint density at radius 2 is 2.00 bits per heavy atom. The van der Waals surface area contributed by atoms with E-state index in [4.69, 9.17) is 4.74 Å². The molecule has 0 bridgehead atoms. The van der Waals surface area contributed by atoms with Crippen LogP contribution in [0.5, 0.6) is 0 Å². The van der Waals surface area contributed by atoms with Crippen molar-refractivity contribution in [1.29, 1.82) is 0 Å². The van der Waals surface area contributed by atoms with E-state index < -0.39 is 6.43 Å². The maximum atomic E-state index is 13.4. The molecule has 3 aliphatic rings. The van der Waals surface area contributed by atoms with Gasteiger partial charge in [0.2, 0.25) is 0 Å². The first-order valence-electron chi connectivity index (χ1n) is 11.9. The molecule has 1 aliphatic carbocycles. The maximum absolute atomic E-state index is 13.4. The lowest BCUT2D eigenvalue weighted by molar-refractivity contribution is -0.00294. The molecule has 2 aromatic rings. The molecule has 4 heterocycles. The van der Waals surface area contributed by atoms with Gasteiger partial charge in [-0.2, -0.15) is 0 Å². The number of rotatable bonds is 5. The van der Waals surface area contributed by atoms with E-state index in [9.17, 15) is 13.6 Å².